The molecule has 0 spiro atoms. The SMILES string of the molecule is CC(P)Oc1cc(Nc2cnc3cnn([C@@H](c4ccccn4)C(F)F)c3n2)n[nH]1. The maximum Gasteiger partial charge on any atom is 0.266 e. The zero-order valence-electron chi connectivity index (χ0n) is 15.2. The number of aromatic nitrogens is 7. The number of alkyl halides is 2. The Kier molecular flexibility index (Phi) is 5.30. The number of halogens is 2. The van der Waals surface area contributed by atoms with Crippen molar-refractivity contribution in [3.05, 3.63) is 48.5 Å². The molecule has 150 valence electrons. The molecule has 3 atom stereocenters. The topological polar surface area (TPSA) is 106 Å². The van der Waals surface area contributed by atoms with E-state index in [4.69, 9.17) is 4.74 Å². The second-order valence-electron chi connectivity index (χ2n) is 6.15. The Balaban J connectivity index is 1.66. The molecule has 0 aliphatic heterocycles. The Bertz CT molecular complexity index is 1100. The number of pyridine rings is 1. The van der Waals surface area contributed by atoms with Crippen LogP contribution in [-0.4, -0.2) is 47.2 Å². The second-order valence-corrected chi connectivity index (χ2v) is 7.09. The minimum atomic E-state index is -2.73. The van der Waals surface area contributed by atoms with Crippen LogP contribution in [0.3, 0.4) is 0 Å². The molecule has 12 heteroatoms. The average Bonchev–Trinajstić information content (AvgIpc) is 3.29. The van der Waals surface area contributed by atoms with Gasteiger partial charge < -0.3 is 10.1 Å². The highest BCUT2D eigenvalue weighted by Gasteiger charge is 2.28. The molecule has 0 fully saturated rings. The third-order valence-corrected chi connectivity index (χ3v) is 4.06. The van der Waals surface area contributed by atoms with Crippen LogP contribution in [0.15, 0.2) is 42.9 Å². The molecule has 9 nitrogen and oxygen atoms in total. The van der Waals surface area contributed by atoms with Gasteiger partial charge in [-0.3, -0.25) is 4.98 Å². The molecule has 0 saturated heterocycles. The summed E-state index contributed by atoms with van der Waals surface area (Å²) in [6.45, 7) is 1.86. The summed E-state index contributed by atoms with van der Waals surface area (Å²) < 4.78 is 34.3. The van der Waals surface area contributed by atoms with E-state index in [0.717, 1.165) is 4.68 Å². The van der Waals surface area contributed by atoms with Crippen molar-refractivity contribution < 1.29 is 13.5 Å². The van der Waals surface area contributed by atoms with Crippen LogP contribution < -0.4 is 10.1 Å². The summed E-state index contributed by atoms with van der Waals surface area (Å²) in [5.41, 5.74) is 0.782. The van der Waals surface area contributed by atoms with E-state index >= 15 is 0 Å². The van der Waals surface area contributed by atoms with Gasteiger partial charge in [0.05, 0.1) is 18.1 Å². The molecule has 0 saturated carbocycles. The largest absolute Gasteiger partial charge is 0.471 e. The summed E-state index contributed by atoms with van der Waals surface area (Å²) in [6, 6.07) is 5.11. The Hall–Kier alpha value is -3.20. The predicted molar refractivity (Wildman–Crippen MR) is 105 cm³/mol. The molecule has 4 heterocycles. The van der Waals surface area contributed by atoms with Gasteiger partial charge in [-0.25, -0.2) is 28.5 Å². The Morgan fingerprint density at radius 1 is 1.21 bits per heavy atom. The lowest BCUT2D eigenvalue weighted by molar-refractivity contribution is 0.0952. The van der Waals surface area contributed by atoms with Crippen LogP contribution in [0.2, 0.25) is 0 Å². The van der Waals surface area contributed by atoms with Gasteiger partial charge in [0.15, 0.2) is 23.3 Å². The van der Waals surface area contributed by atoms with E-state index in [1.165, 1.54) is 24.7 Å². The Labute approximate surface area is 166 Å². The number of hydrogen-bond acceptors (Lipinski definition) is 7. The number of rotatable bonds is 7. The van der Waals surface area contributed by atoms with Gasteiger partial charge >= 0.3 is 0 Å². The van der Waals surface area contributed by atoms with E-state index < -0.39 is 12.5 Å². The first-order valence-electron chi connectivity index (χ1n) is 8.65. The van der Waals surface area contributed by atoms with Gasteiger partial charge in [0.1, 0.15) is 11.4 Å². The number of fused-ring (bicyclic) bond motifs is 1. The van der Waals surface area contributed by atoms with Crippen LogP contribution in [-0.2, 0) is 0 Å². The molecule has 4 aromatic heterocycles. The monoisotopic (exact) mass is 418 g/mol. The molecule has 29 heavy (non-hydrogen) atoms. The van der Waals surface area contributed by atoms with Crippen molar-refractivity contribution in [1.82, 2.24) is 34.9 Å². The second kappa shape index (κ2) is 8.04. The first kappa shape index (κ1) is 19.1. The highest BCUT2D eigenvalue weighted by molar-refractivity contribution is 7.17. The van der Waals surface area contributed by atoms with Crippen molar-refractivity contribution in [2.45, 2.75) is 25.2 Å². The summed E-state index contributed by atoms with van der Waals surface area (Å²) in [6.07, 6.45) is 1.60. The van der Waals surface area contributed by atoms with Crippen molar-refractivity contribution in [3.63, 3.8) is 0 Å². The maximum absolute atomic E-state index is 13.8. The summed E-state index contributed by atoms with van der Waals surface area (Å²) in [5, 5.41) is 13.9. The van der Waals surface area contributed by atoms with Gasteiger partial charge in [-0.2, -0.15) is 10.2 Å². The summed E-state index contributed by atoms with van der Waals surface area (Å²) >= 11 is 0. The molecule has 4 rings (SSSR count). The lowest BCUT2D eigenvalue weighted by atomic mass is 10.2. The van der Waals surface area contributed by atoms with Crippen LogP contribution in [0.5, 0.6) is 5.88 Å². The number of nitrogens with zero attached hydrogens (tertiary/aromatic N) is 6. The van der Waals surface area contributed by atoms with Crippen molar-refractivity contribution >= 4 is 32.0 Å². The van der Waals surface area contributed by atoms with Gasteiger partial charge in [-0.15, -0.1) is 0 Å². The number of aromatic amines is 1. The minimum absolute atomic E-state index is 0.0910. The summed E-state index contributed by atoms with van der Waals surface area (Å²) in [4.78, 5) is 12.7. The molecule has 2 unspecified atom stereocenters. The quantitative estimate of drug-likeness (QED) is 0.444. The lowest BCUT2D eigenvalue weighted by Crippen LogP contribution is -2.21. The van der Waals surface area contributed by atoms with Gasteiger partial charge in [-0.1, -0.05) is 15.3 Å². The first-order chi connectivity index (χ1) is 14.0. The third-order valence-electron chi connectivity index (χ3n) is 3.92. The standard InChI is InChI=1S/C17H17F2N8OP/c1-9(29)28-14-6-12(25-26-14)23-13-8-21-11-7-22-27(17(11)24-13)15(16(18)19)10-4-2-3-5-20-10/h2-9,15-16H,29H2,1H3,(H2,23,24,25,26)/t9?,15-/m0/s1. The highest BCUT2D eigenvalue weighted by atomic mass is 31.0. The third kappa shape index (κ3) is 4.14. The molecular formula is C17H17F2N8OP. The molecular weight excluding hydrogens is 401 g/mol. The van der Waals surface area contributed by atoms with Crippen molar-refractivity contribution in [3.8, 4) is 5.88 Å². The van der Waals surface area contributed by atoms with E-state index in [1.54, 1.807) is 18.2 Å². The van der Waals surface area contributed by atoms with Crippen LogP contribution in [0, 0.1) is 0 Å². The zero-order valence-corrected chi connectivity index (χ0v) is 16.4. The summed E-state index contributed by atoms with van der Waals surface area (Å²) in [5.74, 6) is 1.15. The fourth-order valence-corrected chi connectivity index (χ4v) is 2.90. The van der Waals surface area contributed by atoms with E-state index in [9.17, 15) is 8.78 Å². The molecule has 0 bridgehead atoms. The van der Waals surface area contributed by atoms with Crippen LogP contribution >= 0.6 is 9.24 Å². The Morgan fingerprint density at radius 3 is 2.79 bits per heavy atom. The molecule has 0 aliphatic rings. The summed E-state index contributed by atoms with van der Waals surface area (Å²) in [7, 11) is 2.51. The van der Waals surface area contributed by atoms with Gasteiger partial charge in [0.2, 0.25) is 5.88 Å². The zero-order chi connectivity index (χ0) is 20.4. The van der Waals surface area contributed by atoms with E-state index in [0.29, 0.717) is 23.0 Å². The predicted octanol–water partition coefficient (Wildman–Crippen LogP) is 3.14. The van der Waals surface area contributed by atoms with E-state index in [-0.39, 0.29) is 17.2 Å². The number of anilines is 2. The van der Waals surface area contributed by atoms with Crippen molar-refractivity contribution in [2.75, 3.05) is 5.32 Å². The Morgan fingerprint density at radius 2 is 2.07 bits per heavy atom. The van der Waals surface area contributed by atoms with Gasteiger partial charge in [-0.05, 0) is 19.1 Å². The van der Waals surface area contributed by atoms with Gasteiger partial charge in [0.25, 0.3) is 6.43 Å². The minimum Gasteiger partial charge on any atom is -0.471 e. The molecule has 0 aliphatic carbocycles. The van der Waals surface area contributed by atoms with Crippen molar-refractivity contribution in [1.29, 1.82) is 0 Å². The highest BCUT2D eigenvalue weighted by Crippen LogP contribution is 2.27. The smallest absolute Gasteiger partial charge is 0.266 e. The molecule has 0 aromatic carbocycles. The van der Waals surface area contributed by atoms with Crippen LogP contribution in [0.1, 0.15) is 18.7 Å². The normalized spacial score (nSPS) is 13.6. The van der Waals surface area contributed by atoms with Crippen LogP contribution in [0.25, 0.3) is 11.2 Å². The lowest BCUT2D eigenvalue weighted by Gasteiger charge is -2.16. The van der Waals surface area contributed by atoms with Crippen molar-refractivity contribution in [2.24, 2.45) is 0 Å². The maximum atomic E-state index is 13.8. The number of nitrogens with one attached hydrogen (secondary N) is 2. The molecule has 4 aromatic rings. The first-order valence-corrected chi connectivity index (χ1v) is 9.32. The number of hydrogen-bond donors (Lipinski definition) is 2. The average molecular weight is 418 g/mol. The fraction of sp³-hybridized carbons (Fsp3) is 0.235. The van der Waals surface area contributed by atoms with Gasteiger partial charge in [0, 0.05) is 12.3 Å². The van der Waals surface area contributed by atoms with E-state index in [2.05, 4.69) is 44.8 Å². The van der Waals surface area contributed by atoms with E-state index in [1.807, 2.05) is 6.92 Å². The van der Waals surface area contributed by atoms with Crippen LogP contribution in [0.4, 0.5) is 20.4 Å². The molecule has 0 amide bonds. The fourth-order valence-electron chi connectivity index (χ4n) is 2.76. The number of ether oxygens (including phenoxy) is 1. The molecule has 0 radical (unpaired) electrons. The number of H-pyrrole nitrogens is 1. The molecule has 2 N–H and O–H groups in total.